The van der Waals surface area contributed by atoms with Gasteiger partial charge in [0, 0.05) is 41.4 Å². The molecule has 0 spiro atoms. The van der Waals surface area contributed by atoms with Crippen LogP contribution in [0.1, 0.15) is 46.8 Å². The van der Waals surface area contributed by atoms with E-state index in [0.717, 1.165) is 84.4 Å². The smallest absolute Gasteiger partial charge is 0.0999 e. The number of piperidine rings is 1. The van der Waals surface area contributed by atoms with Crippen molar-refractivity contribution in [2.75, 3.05) is 26.7 Å². The van der Waals surface area contributed by atoms with E-state index < -0.39 is 0 Å². The van der Waals surface area contributed by atoms with Crippen molar-refractivity contribution in [1.82, 2.24) is 30.2 Å². The van der Waals surface area contributed by atoms with Gasteiger partial charge in [0.2, 0.25) is 0 Å². The molecule has 0 bridgehead atoms. The lowest BCUT2D eigenvalue weighted by atomic mass is 9.91. The molecule has 35 heavy (non-hydrogen) atoms. The van der Waals surface area contributed by atoms with Gasteiger partial charge in [-0.1, -0.05) is 0 Å². The summed E-state index contributed by atoms with van der Waals surface area (Å²) in [6.07, 6.45) is 5.37. The second kappa shape index (κ2) is 8.63. The highest BCUT2D eigenvalue weighted by atomic mass is 15.3. The van der Waals surface area contributed by atoms with Crippen LogP contribution in [-0.4, -0.2) is 51.6 Å². The molecule has 0 saturated carbocycles. The second-order valence-electron chi connectivity index (χ2n) is 10.1. The molecule has 0 unspecified atom stereocenters. The first-order valence-electron chi connectivity index (χ1n) is 12.5. The summed E-state index contributed by atoms with van der Waals surface area (Å²) in [7, 11) is 2.18. The van der Waals surface area contributed by atoms with Crippen molar-refractivity contribution in [3.05, 3.63) is 58.4 Å². The van der Waals surface area contributed by atoms with Gasteiger partial charge in [-0.25, -0.2) is 0 Å². The first-order chi connectivity index (χ1) is 17.0. The molecule has 4 aromatic rings. The van der Waals surface area contributed by atoms with Crippen molar-refractivity contribution in [3.8, 4) is 28.5 Å². The van der Waals surface area contributed by atoms with E-state index in [1.165, 1.54) is 16.7 Å². The second-order valence-corrected chi connectivity index (χ2v) is 10.1. The number of aryl methyl sites for hydroxylation is 2. The van der Waals surface area contributed by atoms with Gasteiger partial charge in [0.25, 0.3) is 0 Å². The summed E-state index contributed by atoms with van der Waals surface area (Å²) in [6, 6.07) is 11.4. The Morgan fingerprint density at radius 1 is 1.09 bits per heavy atom. The minimum atomic E-state index is 0.402. The van der Waals surface area contributed by atoms with Crippen molar-refractivity contribution in [3.63, 3.8) is 0 Å². The third kappa shape index (κ3) is 3.83. The molecule has 1 fully saturated rings. The van der Waals surface area contributed by atoms with E-state index in [-0.39, 0.29) is 0 Å². The van der Waals surface area contributed by atoms with Crippen LogP contribution in [0.25, 0.3) is 33.3 Å². The van der Waals surface area contributed by atoms with E-state index in [9.17, 15) is 5.26 Å². The zero-order valence-corrected chi connectivity index (χ0v) is 20.6. The Morgan fingerprint density at radius 2 is 1.91 bits per heavy atom. The van der Waals surface area contributed by atoms with Gasteiger partial charge in [0.1, 0.15) is 0 Å². The lowest BCUT2D eigenvalue weighted by Crippen LogP contribution is -2.29. The summed E-state index contributed by atoms with van der Waals surface area (Å²) < 4.78 is 2.11. The van der Waals surface area contributed by atoms with Gasteiger partial charge in [-0.15, -0.1) is 0 Å². The Balaban J connectivity index is 1.47. The molecule has 6 rings (SSSR count). The zero-order chi connectivity index (χ0) is 24.1. The number of fused-ring (bicyclic) bond motifs is 2. The van der Waals surface area contributed by atoms with E-state index in [1.807, 2.05) is 13.0 Å². The van der Waals surface area contributed by atoms with Gasteiger partial charge >= 0.3 is 0 Å². The number of H-pyrrole nitrogens is 1. The summed E-state index contributed by atoms with van der Waals surface area (Å²) in [5.74, 6) is 0. The summed E-state index contributed by atoms with van der Waals surface area (Å²) >= 11 is 0. The number of aromatic amines is 1. The van der Waals surface area contributed by atoms with Crippen LogP contribution in [0.5, 0.6) is 0 Å². The van der Waals surface area contributed by atoms with Crippen molar-refractivity contribution >= 4 is 10.9 Å². The fourth-order valence-corrected chi connectivity index (χ4v) is 5.80. The Morgan fingerprint density at radius 3 is 2.71 bits per heavy atom. The molecule has 2 aromatic heterocycles. The lowest BCUT2D eigenvalue weighted by Gasteiger charge is -2.26. The molecule has 1 saturated heterocycles. The number of benzene rings is 2. The predicted molar refractivity (Wildman–Crippen MR) is 138 cm³/mol. The lowest BCUT2D eigenvalue weighted by molar-refractivity contribution is 0.312. The van der Waals surface area contributed by atoms with Gasteiger partial charge in [-0.3, -0.25) is 9.78 Å². The van der Waals surface area contributed by atoms with E-state index in [2.05, 4.69) is 64.4 Å². The highest BCUT2D eigenvalue weighted by molar-refractivity contribution is 5.97. The first-order valence-corrected chi connectivity index (χ1v) is 12.5. The minimum Gasteiger partial charge on any atom is -0.317 e. The van der Waals surface area contributed by atoms with Crippen molar-refractivity contribution < 1.29 is 0 Å². The number of hydrogen-bond acceptors (Lipinski definition) is 5. The van der Waals surface area contributed by atoms with Gasteiger partial charge < -0.3 is 10.2 Å². The molecule has 0 radical (unpaired) electrons. The summed E-state index contributed by atoms with van der Waals surface area (Å²) in [5.41, 5.74) is 10.7. The largest absolute Gasteiger partial charge is 0.317 e. The number of rotatable bonds is 3. The maximum atomic E-state index is 9.98. The Hall–Kier alpha value is -3.47. The average molecular weight is 466 g/mol. The number of nitrogens with zero attached hydrogens (tertiary/aromatic N) is 5. The van der Waals surface area contributed by atoms with Crippen LogP contribution in [-0.2, 0) is 13.0 Å². The topological polar surface area (TPSA) is 85.6 Å². The van der Waals surface area contributed by atoms with Crippen LogP contribution >= 0.6 is 0 Å². The maximum absolute atomic E-state index is 9.98. The average Bonchev–Trinajstić information content (AvgIpc) is 3.46. The number of hydrogen-bond donors (Lipinski definition) is 2. The van der Waals surface area contributed by atoms with Gasteiger partial charge in [0.15, 0.2) is 0 Å². The molecule has 0 aliphatic carbocycles. The van der Waals surface area contributed by atoms with E-state index in [4.69, 9.17) is 10.2 Å². The maximum Gasteiger partial charge on any atom is 0.0999 e. The normalized spacial score (nSPS) is 17.0. The van der Waals surface area contributed by atoms with Crippen molar-refractivity contribution in [2.24, 2.45) is 0 Å². The molecular formula is C28H31N7. The molecule has 0 atom stereocenters. The molecule has 4 heterocycles. The molecule has 7 heteroatoms. The number of nitrogens with one attached hydrogen (secondary N) is 2. The van der Waals surface area contributed by atoms with Gasteiger partial charge in [0.05, 0.1) is 34.6 Å². The molecule has 7 nitrogen and oxygen atoms in total. The van der Waals surface area contributed by atoms with Crippen LogP contribution in [0.2, 0.25) is 0 Å². The first kappa shape index (κ1) is 22.0. The van der Waals surface area contributed by atoms with Crippen LogP contribution < -0.4 is 5.32 Å². The highest BCUT2D eigenvalue weighted by Crippen LogP contribution is 2.36. The summed E-state index contributed by atoms with van der Waals surface area (Å²) in [6.45, 7) is 8.35. The molecule has 2 aliphatic rings. The molecular weight excluding hydrogens is 434 g/mol. The standard InChI is InChI=1S/C28H31N7/c1-17-10-19(11-21-15-34(3)9-6-23(17)21)28-25-13-24(20(14-29)12-27(25)31-32-28)26-16-35(33-18(26)2)22-4-7-30-8-5-22/h10-13,16,22,30H,4-9,15H2,1-3H3,(H,31,32). The predicted octanol–water partition coefficient (Wildman–Crippen LogP) is 4.49. The fourth-order valence-electron chi connectivity index (χ4n) is 5.80. The van der Waals surface area contributed by atoms with Gasteiger partial charge in [-0.05, 0) is 94.2 Å². The van der Waals surface area contributed by atoms with Crippen LogP contribution in [0.3, 0.4) is 0 Å². The molecule has 2 aliphatic heterocycles. The number of likely N-dealkylation sites (N-methyl/N-ethyl adjacent to an activating group) is 1. The van der Waals surface area contributed by atoms with Crippen molar-refractivity contribution in [2.45, 2.75) is 45.7 Å². The zero-order valence-electron chi connectivity index (χ0n) is 20.6. The third-order valence-corrected chi connectivity index (χ3v) is 7.73. The number of nitriles is 1. The summed E-state index contributed by atoms with van der Waals surface area (Å²) in [4.78, 5) is 2.37. The van der Waals surface area contributed by atoms with Crippen LogP contribution in [0, 0.1) is 25.2 Å². The Labute approximate surface area is 205 Å². The Kier molecular flexibility index (Phi) is 5.43. The van der Waals surface area contributed by atoms with Gasteiger partial charge in [-0.2, -0.15) is 15.5 Å². The quantitative estimate of drug-likeness (QED) is 0.466. The molecule has 178 valence electrons. The van der Waals surface area contributed by atoms with Crippen molar-refractivity contribution in [1.29, 1.82) is 5.26 Å². The van der Waals surface area contributed by atoms with E-state index >= 15 is 0 Å². The SMILES string of the molecule is Cc1cc(-c2n[nH]c3cc(C#N)c(-c4cn(C5CCNCC5)nc4C)cc23)cc2c1CCN(C)C2. The molecule has 2 N–H and O–H groups in total. The molecule has 2 aromatic carbocycles. The van der Waals surface area contributed by atoms with Crippen LogP contribution in [0.15, 0.2) is 30.5 Å². The fraction of sp³-hybridized carbons (Fsp3) is 0.393. The third-order valence-electron chi connectivity index (χ3n) is 7.73. The highest BCUT2D eigenvalue weighted by Gasteiger charge is 2.22. The Bertz CT molecular complexity index is 1460. The van der Waals surface area contributed by atoms with E-state index in [1.54, 1.807) is 0 Å². The van der Waals surface area contributed by atoms with E-state index in [0.29, 0.717) is 11.6 Å². The summed E-state index contributed by atoms with van der Waals surface area (Å²) in [5, 5.41) is 27.2. The minimum absolute atomic E-state index is 0.402. The van der Waals surface area contributed by atoms with Crippen LogP contribution in [0.4, 0.5) is 0 Å². The molecule has 0 amide bonds. The number of aromatic nitrogens is 4. The monoisotopic (exact) mass is 465 g/mol.